The predicted molar refractivity (Wildman–Crippen MR) is 505 cm³/mol. The van der Waals surface area contributed by atoms with Gasteiger partial charge in [0, 0.05) is 81.7 Å². The summed E-state index contributed by atoms with van der Waals surface area (Å²) in [5, 5.41) is 0. The minimum absolute atomic E-state index is 0.0857. The van der Waals surface area contributed by atoms with Crippen LogP contribution < -0.4 is 28.4 Å². The smallest absolute Gasteiger partial charge is 0.347 e. The zero-order chi connectivity index (χ0) is 95.4. The van der Waals surface area contributed by atoms with E-state index in [-0.39, 0.29) is 94.8 Å². The van der Waals surface area contributed by atoms with Crippen LogP contribution in [0.5, 0.6) is 34.5 Å². The lowest BCUT2D eigenvalue weighted by atomic mass is 10.1. The number of rotatable bonds is 28. The van der Waals surface area contributed by atoms with E-state index in [4.69, 9.17) is 75.8 Å². The molecule has 8 aliphatic rings. The van der Waals surface area contributed by atoms with E-state index in [1.165, 1.54) is 20.8 Å². The third-order valence-electron chi connectivity index (χ3n) is 22.7. The molecule has 8 heterocycles. The standard InChI is InChI=1S/C30H27O9S.C28H23O8S.C28H27O6S.C22H19O3S/c31-28-25(13-16-34-28)37-19-1-7-22(8-2-19)40(23-9-3-20(4-10-23)38-26-14-17-35-29(26)32)24-11-5-21(6-12-24)39-27-15-18-36-30(27)33;29-25(35-23-11-13-33-27(23)31)18-15-19(26(30)36-24-12-14-34-28(24)32)17-22(16-18)37(20-7-3-1-4-8-20)21-9-5-2-6-10-21;1-18-16-23(17-19(2)26(18)34-25-13-15-32-28(25)30)35(21-6-4-3-5-7-21)22-10-8-20(9-11-22)33-24-12-14-31-27(24)29;23-22-21(14-15-24-22)25-17-8-7-13-20(16-17)26(18-9-3-1-4-10-18)19-11-5-2-6-12-19/h1-12,25-27H,13-18H2;1-10,15-17,23-24H,11-14H2;3-11,16-17,24-25H,12-15H2,1-2H3;1-13,16,21H,14-15H2/q4*+1. The highest BCUT2D eigenvalue weighted by atomic mass is 32.2. The topological polar surface area (TPSA) is 318 Å². The Bertz CT molecular complexity index is 5990. The normalized spacial score (nSPS) is 19.9. The van der Waals surface area contributed by atoms with Crippen molar-refractivity contribution in [1.29, 1.82) is 0 Å². The van der Waals surface area contributed by atoms with Gasteiger partial charge in [-0.3, -0.25) is 0 Å². The maximum absolute atomic E-state index is 13.1. The van der Waals surface area contributed by atoms with E-state index in [1.807, 2.05) is 208 Å². The van der Waals surface area contributed by atoms with Gasteiger partial charge < -0.3 is 75.8 Å². The van der Waals surface area contributed by atoms with E-state index in [1.54, 1.807) is 12.1 Å². The molecular formula is C108H96O26S4+4. The van der Waals surface area contributed by atoms with Gasteiger partial charge in [-0.25, -0.2) is 47.9 Å². The monoisotopic (exact) mass is 1940 g/mol. The number of ether oxygens (including phenoxy) is 16. The maximum atomic E-state index is 13.1. The fraction of sp³-hybridized carbons (Fsp3) is 0.241. The summed E-state index contributed by atoms with van der Waals surface area (Å²) in [5.41, 5.74) is 2.13. The van der Waals surface area contributed by atoms with Gasteiger partial charge in [-0.05, 0) is 201 Å². The van der Waals surface area contributed by atoms with Crippen molar-refractivity contribution < 1.29 is 124 Å². The van der Waals surface area contributed by atoms with E-state index in [0.717, 1.165) is 56.0 Å². The Labute approximate surface area is 807 Å². The Hall–Kier alpha value is -14.5. The van der Waals surface area contributed by atoms with Crippen molar-refractivity contribution in [3.63, 3.8) is 0 Å². The molecule has 0 spiro atoms. The second-order valence-corrected chi connectivity index (χ2v) is 40.5. The molecule has 0 N–H and O–H groups in total. The van der Waals surface area contributed by atoms with Crippen LogP contribution in [0.2, 0.25) is 0 Å². The zero-order valence-electron chi connectivity index (χ0n) is 75.0. The molecule has 8 aliphatic heterocycles. The molecule has 9 unspecified atom stereocenters. The summed E-state index contributed by atoms with van der Waals surface area (Å²) in [4.78, 5) is 134. The molecular weight excluding hydrogens is 1840 g/mol. The largest absolute Gasteiger partial charge is 0.479 e. The molecule has 12 aromatic rings. The molecule has 20 rings (SSSR count). The van der Waals surface area contributed by atoms with E-state index in [0.29, 0.717) is 112 Å². The lowest BCUT2D eigenvalue weighted by Crippen LogP contribution is -2.24. The fourth-order valence-corrected chi connectivity index (χ4v) is 24.5. The number of carbonyl (C=O) groups is 10. The Morgan fingerprint density at radius 2 is 0.435 bits per heavy atom. The number of esters is 10. The number of hydrogen-bond acceptors (Lipinski definition) is 26. The summed E-state index contributed by atoms with van der Waals surface area (Å²) in [7, 11) is -1.80. The number of carbonyl (C=O) groups excluding carboxylic acids is 10. The number of aryl methyl sites for hydroxylation is 2. The van der Waals surface area contributed by atoms with Crippen LogP contribution in [0.25, 0.3) is 0 Å². The maximum Gasteiger partial charge on any atom is 0.347 e. The first kappa shape index (κ1) is 95.3. The van der Waals surface area contributed by atoms with Crippen LogP contribution in [-0.2, 0) is 129 Å². The summed E-state index contributed by atoms with van der Waals surface area (Å²) in [6, 6.07) is 98.6. The van der Waals surface area contributed by atoms with Crippen LogP contribution in [0.1, 0.15) is 83.2 Å². The molecule has 0 saturated carbocycles. The molecule has 8 fully saturated rings. The van der Waals surface area contributed by atoms with Crippen molar-refractivity contribution in [3.8, 4) is 34.5 Å². The highest BCUT2D eigenvalue weighted by Gasteiger charge is 2.42. The van der Waals surface area contributed by atoms with Gasteiger partial charge in [-0.15, -0.1) is 0 Å². The van der Waals surface area contributed by atoms with Gasteiger partial charge in [0.1, 0.15) is 34.5 Å². The quantitative estimate of drug-likeness (QED) is 0.0250. The Morgan fingerprint density at radius 3 is 0.696 bits per heavy atom. The summed E-state index contributed by atoms with van der Waals surface area (Å²) in [5.74, 6) is -0.764. The zero-order valence-corrected chi connectivity index (χ0v) is 78.3. The average molecular weight is 1940 g/mol. The Morgan fingerprint density at radius 1 is 0.217 bits per heavy atom. The van der Waals surface area contributed by atoms with Crippen molar-refractivity contribution >= 4 is 103 Å². The molecule has 0 aromatic heterocycles. The summed E-state index contributed by atoms with van der Waals surface area (Å²) < 4.78 is 85.9. The van der Waals surface area contributed by atoms with Gasteiger partial charge in [0.15, 0.2) is 95.4 Å². The van der Waals surface area contributed by atoms with Crippen molar-refractivity contribution in [3.05, 3.63) is 326 Å². The lowest BCUT2D eigenvalue weighted by molar-refractivity contribution is -0.145. The SMILES string of the molecule is Cc1cc([S+](c2ccccc2)c2ccc(OC3CCOC3=O)cc2)cc(C)c1OC1CCOC1=O.O=C(OC1CCOC1=O)c1cc(C(=O)OC2CCOC2=O)cc([S+](c2ccccc2)c2ccccc2)c1.O=C1OCCC1Oc1ccc([S+](c2ccc(OC3CCOC3=O)cc2)c2ccc(OC3CCOC3=O)cc2)cc1.O=C1OCCC1Oc1cccc([S+](c2ccccc2)c2ccccc2)c1. The summed E-state index contributed by atoms with van der Waals surface area (Å²) in [6.07, 6.45) is -1.46. The van der Waals surface area contributed by atoms with Crippen LogP contribution in [0, 0.1) is 13.8 Å². The second-order valence-electron chi connectivity index (χ2n) is 32.4. The molecule has 9 atom stereocenters. The fourth-order valence-electron chi connectivity index (χ4n) is 15.9. The van der Waals surface area contributed by atoms with Crippen molar-refractivity contribution in [2.24, 2.45) is 0 Å². The molecule has 0 aliphatic carbocycles. The minimum atomic E-state index is -0.999. The van der Waals surface area contributed by atoms with E-state index < -0.39 is 94.5 Å². The lowest BCUT2D eigenvalue weighted by Gasteiger charge is -2.17. The molecule has 12 aromatic carbocycles. The van der Waals surface area contributed by atoms with Gasteiger partial charge in [-0.2, -0.15) is 0 Å². The first-order valence-electron chi connectivity index (χ1n) is 45.1. The molecule has 8 saturated heterocycles. The van der Waals surface area contributed by atoms with Crippen molar-refractivity contribution in [2.45, 2.75) is 173 Å². The molecule has 0 bridgehead atoms. The highest BCUT2D eigenvalue weighted by Crippen LogP contribution is 2.42. The average Bonchev–Trinajstić information content (AvgIpc) is 0.996. The van der Waals surface area contributed by atoms with Gasteiger partial charge in [0.25, 0.3) is 0 Å². The van der Waals surface area contributed by atoms with E-state index in [2.05, 4.69) is 91.0 Å². The molecule has 30 heteroatoms. The van der Waals surface area contributed by atoms with Gasteiger partial charge in [-0.1, -0.05) is 97.1 Å². The number of benzene rings is 12. The van der Waals surface area contributed by atoms with Gasteiger partial charge in [0.05, 0.1) is 108 Å². The summed E-state index contributed by atoms with van der Waals surface area (Å²) in [6.45, 7) is 6.72. The first-order chi connectivity index (χ1) is 67.3. The van der Waals surface area contributed by atoms with Crippen molar-refractivity contribution in [2.75, 3.05) is 52.9 Å². The number of cyclic esters (lactones) is 8. The second kappa shape index (κ2) is 45.5. The van der Waals surface area contributed by atoms with Gasteiger partial charge >= 0.3 is 59.7 Å². The van der Waals surface area contributed by atoms with Crippen LogP contribution in [0.3, 0.4) is 0 Å². The molecule has 0 amide bonds. The highest BCUT2D eigenvalue weighted by molar-refractivity contribution is 7.98. The van der Waals surface area contributed by atoms with E-state index in [9.17, 15) is 47.9 Å². The molecule has 704 valence electrons. The summed E-state index contributed by atoms with van der Waals surface area (Å²) >= 11 is 0. The third kappa shape index (κ3) is 24.0. The van der Waals surface area contributed by atoms with E-state index >= 15 is 0 Å². The first-order valence-corrected chi connectivity index (χ1v) is 50.0. The molecule has 0 radical (unpaired) electrons. The van der Waals surface area contributed by atoms with Gasteiger partial charge in [0.2, 0.25) is 12.2 Å². The molecule has 138 heavy (non-hydrogen) atoms. The minimum Gasteiger partial charge on any atom is -0.479 e. The third-order valence-corrected chi connectivity index (χ3v) is 31.5. The van der Waals surface area contributed by atoms with Crippen molar-refractivity contribution in [1.82, 2.24) is 0 Å². The molecule has 26 nitrogen and oxygen atoms in total. The predicted octanol–water partition coefficient (Wildman–Crippen LogP) is 16.9. The Kier molecular flexibility index (Phi) is 31.4. The van der Waals surface area contributed by atoms with Crippen LogP contribution >= 0.6 is 0 Å². The Balaban J connectivity index is 0.000000129. The van der Waals surface area contributed by atoms with Crippen LogP contribution in [-0.4, -0.2) is 161 Å². The number of hydrogen-bond donors (Lipinski definition) is 0. The van der Waals surface area contributed by atoms with Crippen LogP contribution in [0.15, 0.2) is 362 Å². The van der Waals surface area contributed by atoms with Crippen LogP contribution in [0.4, 0.5) is 0 Å².